The molecule has 0 amide bonds. The number of aryl methyl sites for hydroxylation is 1. The van der Waals surface area contributed by atoms with Gasteiger partial charge in [0, 0.05) is 6.54 Å². The second-order valence-corrected chi connectivity index (χ2v) is 7.87. The van der Waals surface area contributed by atoms with Gasteiger partial charge in [-0.15, -0.1) is 0 Å². The topological polar surface area (TPSA) is 55.2 Å². The van der Waals surface area contributed by atoms with Crippen molar-refractivity contribution in [2.45, 2.75) is 38.6 Å². The molecule has 5 nitrogen and oxygen atoms in total. The molecule has 0 bridgehead atoms. The van der Waals surface area contributed by atoms with E-state index in [0.29, 0.717) is 29.4 Å². The third-order valence-electron chi connectivity index (χ3n) is 4.13. The van der Waals surface area contributed by atoms with Crippen LogP contribution in [0.5, 0.6) is 0 Å². The minimum absolute atomic E-state index is 0.315. The van der Waals surface area contributed by atoms with Crippen LogP contribution in [0.15, 0.2) is 41.3 Å². The van der Waals surface area contributed by atoms with Gasteiger partial charge in [-0.1, -0.05) is 30.4 Å². The van der Waals surface area contributed by atoms with E-state index < -0.39 is 10.0 Å². The van der Waals surface area contributed by atoms with Crippen molar-refractivity contribution in [2.75, 3.05) is 10.8 Å². The van der Waals surface area contributed by atoms with Crippen molar-refractivity contribution in [3.05, 3.63) is 53.4 Å². The van der Waals surface area contributed by atoms with Gasteiger partial charge in [0.15, 0.2) is 0 Å². The fraction of sp³-hybridized carbons (Fsp3) is 0.353. The Balaban J connectivity index is 2.08. The number of fused-ring (bicyclic) bond motifs is 1. The molecule has 1 aliphatic rings. The van der Waals surface area contributed by atoms with Crippen LogP contribution in [0.2, 0.25) is 0 Å². The Hall–Kier alpha value is -2.08. The predicted molar refractivity (Wildman–Crippen MR) is 91.2 cm³/mol. The maximum absolute atomic E-state index is 13.2. The fourth-order valence-electron chi connectivity index (χ4n) is 3.13. The molecule has 2 aromatic rings. The molecule has 0 radical (unpaired) electrons. The molecular weight excluding hydrogens is 310 g/mol. The van der Waals surface area contributed by atoms with Gasteiger partial charge in [0.2, 0.25) is 0 Å². The third kappa shape index (κ3) is 2.57. The van der Waals surface area contributed by atoms with Gasteiger partial charge in [0.05, 0.1) is 23.6 Å². The quantitative estimate of drug-likeness (QED) is 0.810. The first-order valence-electron chi connectivity index (χ1n) is 7.61. The molecule has 3 rings (SSSR count). The number of hydrogen-bond acceptors (Lipinski definition) is 3. The van der Waals surface area contributed by atoms with Gasteiger partial charge in [-0.05, 0) is 38.8 Å². The highest BCUT2D eigenvalue weighted by Crippen LogP contribution is 2.34. The minimum Gasteiger partial charge on any atom is -0.266 e. The Kier molecular flexibility index (Phi) is 3.80. The fourth-order valence-corrected chi connectivity index (χ4v) is 5.01. The van der Waals surface area contributed by atoms with Gasteiger partial charge in [0.1, 0.15) is 4.90 Å². The zero-order chi connectivity index (χ0) is 16.8. The van der Waals surface area contributed by atoms with E-state index in [1.54, 1.807) is 18.5 Å². The molecule has 0 fully saturated rings. The number of nitrogens with zero attached hydrogens (tertiary/aromatic N) is 3. The molecule has 23 heavy (non-hydrogen) atoms. The van der Waals surface area contributed by atoms with Crippen molar-refractivity contribution in [2.24, 2.45) is 0 Å². The number of para-hydroxylation sites is 1. The molecule has 0 saturated carbocycles. The first kappa shape index (κ1) is 15.8. The molecule has 0 unspecified atom stereocenters. The van der Waals surface area contributed by atoms with E-state index in [0.717, 1.165) is 23.2 Å². The summed E-state index contributed by atoms with van der Waals surface area (Å²) >= 11 is 0. The zero-order valence-electron chi connectivity index (χ0n) is 13.7. The maximum Gasteiger partial charge on any atom is 0.268 e. The molecule has 6 heteroatoms. The molecule has 0 saturated heterocycles. The minimum atomic E-state index is -3.61. The smallest absolute Gasteiger partial charge is 0.266 e. The summed E-state index contributed by atoms with van der Waals surface area (Å²) in [6, 6.07) is 7.66. The number of benzene rings is 1. The number of anilines is 1. The Morgan fingerprint density at radius 3 is 2.70 bits per heavy atom. The Labute approximate surface area is 137 Å². The van der Waals surface area contributed by atoms with Crippen molar-refractivity contribution in [1.29, 1.82) is 0 Å². The molecule has 1 aromatic carbocycles. The van der Waals surface area contributed by atoms with Gasteiger partial charge in [-0.25, -0.2) is 8.42 Å². The van der Waals surface area contributed by atoms with Gasteiger partial charge >= 0.3 is 0 Å². The first-order chi connectivity index (χ1) is 10.8. The molecule has 1 aromatic heterocycles. The molecule has 122 valence electrons. The van der Waals surface area contributed by atoms with Crippen LogP contribution >= 0.6 is 0 Å². The van der Waals surface area contributed by atoms with Gasteiger partial charge in [-0.3, -0.25) is 8.99 Å². The molecule has 1 aliphatic heterocycles. The molecule has 0 spiro atoms. The van der Waals surface area contributed by atoms with Crippen LogP contribution in [-0.4, -0.2) is 24.7 Å². The van der Waals surface area contributed by atoms with Crippen LogP contribution in [0.1, 0.15) is 23.9 Å². The Morgan fingerprint density at radius 2 is 2.00 bits per heavy atom. The van der Waals surface area contributed by atoms with E-state index in [9.17, 15) is 8.42 Å². The summed E-state index contributed by atoms with van der Waals surface area (Å²) in [6.07, 6.45) is 0.743. The van der Waals surface area contributed by atoms with Crippen LogP contribution < -0.4 is 4.31 Å². The van der Waals surface area contributed by atoms with E-state index in [1.165, 1.54) is 4.31 Å². The SMILES string of the molecule is C=C(C)Cn1nc(C)c(S(=O)(=O)N2CCc3ccccc32)c1C. The molecule has 2 heterocycles. The lowest BCUT2D eigenvalue weighted by molar-refractivity contribution is 0.590. The highest BCUT2D eigenvalue weighted by molar-refractivity contribution is 7.93. The summed E-state index contributed by atoms with van der Waals surface area (Å²) in [4.78, 5) is 0.315. The van der Waals surface area contributed by atoms with Crippen LogP contribution in [0.4, 0.5) is 5.69 Å². The largest absolute Gasteiger partial charge is 0.268 e. The Morgan fingerprint density at radius 1 is 1.30 bits per heavy atom. The van der Waals surface area contributed by atoms with Crippen LogP contribution in [-0.2, 0) is 23.0 Å². The summed E-state index contributed by atoms with van der Waals surface area (Å²) in [5, 5.41) is 4.39. The highest BCUT2D eigenvalue weighted by Gasteiger charge is 2.34. The predicted octanol–water partition coefficient (Wildman–Crippen LogP) is 2.83. The average Bonchev–Trinajstić information content (AvgIpc) is 3.01. The normalized spacial score (nSPS) is 14.1. The summed E-state index contributed by atoms with van der Waals surface area (Å²) < 4.78 is 29.6. The second-order valence-electron chi connectivity index (χ2n) is 6.07. The maximum atomic E-state index is 13.2. The van der Waals surface area contributed by atoms with E-state index in [4.69, 9.17) is 0 Å². The van der Waals surface area contributed by atoms with Gasteiger partial charge in [-0.2, -0.15) is 5.10 Å². The average molecular weight is 331 g/mol. The first-order valence-corrected chi connectivity index (χ1v) is 9.05. The molecule has 0 N–H and O–H groups in total. The molecule has 0 atom stereocenters. The van der Waals surface area contributed by atoms with E-state index in [1.807, 2.05) is 31.2 Å². The third-order valence-corrected chi connectivity index (χ3v) is 6.19. The number of hydrogen-bond donors (Lipinski definition) is 0. The highest BCUT2D eigenvalue weighted by atomic mass is 32.2. The van der Waals surface area contributed by atoms with Crippen molar-refractivity contribution in [3.8, 4) is 0 Å². The van der Waals surface area contributed by atoms with Crippen LogP contribution in [0.25, 0.3) is 0 Å². The second kappa shape index (κ2) is 5.53. The number of aromatic nitrogens is 2. The van der Waals surface area contributed by atoms with Crippen LogP contribution in [0, 0.1) is 13.8 Å². The number of rotatable bonds is 4. The van der Waals surface area contributed by atoms with Gasteiger partial charge in [0.25, 0.3) is 10.0 Å². The van der Waals surface area contributed by atoms with E-state index in [-0.39, 0.29) is 0 Å². The zero-order valence-corrected chi connectivity index (χ0v) is 14.5. The van der Waals surface area contributed by atoms with Crippen molar-refractivity contribution in [1.82, 2.24) is 9.78 Å². The summed E-state index contributed by atoms with van der Waals surface area (Å²) in [6.45, 7) is 10.3. The standard InChI is InChI=1S/C17H21N3O2S/c1-12(2)11-19-14(4)17(13(3)18-19)23(21,22)20-10-9-15-7-5-6-8-16(15)20/h5-8H,1,9-11H2,2-4H3. The lowest BCUT2D eigenvalue weighted by Gasteiger charge is -2.19. The summed E-state index contributed by atoms with van der Waals surface area (Å²) in [5.41, 5.74) is 3.98. The lowest BCUT2D eigenvalue weighted by Crippen LogP contribution is -2.30. The summed E-state index contributed by atoms with van der Waals surface area (Å²) in [7, 11) is -3.61. The molecular formula is C17H21N3O2S. The Bertz CT molecular complexity index is 881. The van der Waals surface area contributed by atoms with Crippen molar-refractivity contribution >= 4 is 15.7 Å². The number of allylic oxidation sites excluding steroid dienone is 1. The number of sulfonamides is 1. The van der Waals surface area contributed by atoms with Crippen molar-refractivity contribution in [3.63, 3.8) is 0 Å². The van der Waals surface area contributed by atoms with E-state index >= 15 is 0 Å². The molecule has 0 aliphatic carbocycles. The lowest BCUT2D eigenvalue weighted by atomic mass is 10.2. The van der Waals surface area contributed by atoms with E-state index in [2.05, 4.69) is 11.7 Å². The van der Waals surface area contributed by atoms with Crippen LogP contribution in [0.3, 0.4) is 0 Å². The summed E-state index contributed by atoms with van der Waals surface area (Å²) in [5.74, 6) is 0. The van der Waals surface area contributed by atoms with Crippen molar-refractivity contribution < 1.29 is 8.42 Å². The van der Waals surface area contributed by atoms with Gasteiger partial charge < -0.3 is 0 Å². The monoisotopic (exact) mass is 331 g/mol.